The highest BCUT2D eigenvalue weighted by molar-refractivity contribution is 5.62. The first-order valence-corrected chi connectivity index (χ1v) is 8.85. The van der Waals surface area contributed by atoms with Crippen LogP contribution in [-0.2, 0) is 19.1 Å². The summed E-state index contributed by atoms with van der Waals surface area (Å²) in [5, 5.41) is 3.13. The molecule has 0 unspecified atom stereocenters. The number of aromatic nitrogens is 3. The molecule has 1 N–H and O–H groups in total. The smallest absolute Gasteiger partial charge is 0.351 e. The van der Waals surface area contributed by atoms with E-state index in [2.05, 4.69) is 25.2 Å². The lowest BCUT2D eigenvalue weighted by Gasteiger charge is -2.31. The highest BCUT2D eigenvalue weighted by Crippen LogP contribution is 2.32. The summed E-state index contributed by atoms with van der Waals surface area (Å²) in [6, 6.07) is 8.83. The van der Waals surface area contributed by atoms with E-state index < -0.39 is 11.7 Å². The topological polar surface area (TPSA) is 53.9 Å². The summed E-state index contributed by atoms with van der Waals surface area (Å²) >= 11 is 0. The Morgan fingerprint density at radius 3 is 2.54 bits per heavy atom. The van der Waals surface area contributed by atoms with Crippen molar-refractivity contribution in [3.63, 3.8) is 0 Å². The zero-order chi connectivity index (χ0) is 19.7. The van der Waals surface area contributed by atoms with Crippen molar-refractivity contribution >= 4 is 17.3 Å². The van der Waals surface area contributed by atoms with Crippen molar-refractivity contribution in [1.82, 2.24) is 15.0 Å². The molecular weight excluding hydrogens is 367 g/mol. The second kappa shape index (κ2) is 7.10. The van der Waals surface area contributed by atoms with Crippen LogP contribution in [-0.4, -0.2) is 21.5 Å². The molecule has 0 atom stereocenters. The highest BCUT2D eigenvalue weighted by Gasteiger charge is 2.30. The summed E-state index contributed by atoms with van der Waals surface area (Å²) in [4.78, 5) is 15.3. The van der Waals surface area contributed by atoms with Gasteiger partial charge in [0.15, 0.2) is 0 Å². The normalized spacial score (nSPS) is 13.9. The summed E-state index contributed by atoms with van der Waals surface area (Å²) in [5.41, 5.74) is 2.81. The molecule has 0 saturated carbocycles. The Kier molecular flexibility index (Phi) is 4.62. The Hall–Kier alpha value is -3.16. The minimum atomic E-state index is -4.35. The Balaban J connectivity index is 1.60. The van der Waals surface area contributed by atoms with Crippen LogP contribution in [0.5, 0.6) is 0 Å². The summed E-state index contributed by atoms with van der Waals surface area (Å²) in [6.45, 7) is 3.39. The third-order valence-corrected chi connectivity index (χ3v) is 4.76. The van der Waals surface area contributed by atoms with E-state index in [0.717, 1.165) is 47.7 Å². The zero-order valence-electron chi connectivity index (χ0n) is 15.2. The van der Waals surface area contributed by atoms with E-state index in [1.165, 1.54) is 18.5 Å². The van der Waals surface area contributed by atoms with Crippen molar-refractivity contribution in [2.45, 2.75) is 26.1 Å². The lowest BCUT2D eigenvalue weighted by Crippen LogP contribution is -2.32. The van der Waals surface area contributed by atoms with Crippen molar-refractivity contribution in [3.05, 3.63) is 71.3 Å². The Labute approximate surface area is 160 Å². The minimum absolute atomic E-state index is 0.542. The first kappa shape index (κ1) is 18.2. The molecule has 28 heavy (non-hydrogen) atoms. The van der Waals surface area contributed by atoms with Crippen molar-refractivity contribution in [2.24, 2.45) is 0 Å². The summed E-state index contributed by atoms with van der Waals surface area (Å²) in [5.74, 6) is 1.51. The number of aryl methyl sites for hydroxylation is 1. The van der Waals surface area contributed by atoms with Gasteiger partial charge in [-0.25, -0.2) is 15.0 Å². The van der Waals surface area contributed by atoms with E-state index in [1.54, 1.807) is 6.20 Å². The van der Waals surface area contributed by atoms with Crippen LogP contribution in [0.15, 0.2) is 48.9 Å². The van der Waals surface area contributed by atoms with E-state index in [-0.39, 0.29) is 0 Å². The number of hydrogen-bond acceptors (Lipinski definition) is 5. The average Bonchev–Trinajstić information content (AvgIpc) is 2.68. The van der Waals surface area contributed by atoms with Gasteiger partial charge >= 0.3 is 6.18 Å². The third-order valence-electron chi connectivity index (χ3n) is 4.76. The molecule has 0 spiro atoms. The van der Waals surface area contributed by atoms with Gasteiger partial charge in [-0.2, -0.15) is 13.2 Å². The van der Waals surface area contributed by atoms with E-state index in [4.69, 9.17) is 0 Å². The van der Waals surface area contributed by atoms with Gasteiger partial charge < -0.3 is 10.2 Å². The summed E-state index contributed by atoms with van der Waals surface area (Å²) in [6.07, 6.45) is -0.364. The van der Waals surface area contributed by atoms with E-state index in [9.17, 15) is 13.2 Å². The molecule has 2 aromatic heterocycles. The van der Waals surface area contributed by atoms with Gasteiger partial charge in [0.05, 0.1) is 11.3 Å². The van der Waals surface area contributed by atoms with Crippen LogP contribution >= 0.6 is 0 Å². The number of rotatable bonds is 3. The molecule has 1 aliphatic heterocycles. The predicted molar refractivity (Wildman–Crippen MR) is 100 cm³/mol. The molecule has 1 aromatic carbocycles. The SMILES string of the molecule is Cc1cccnc1N1CCc2ncnc(Nc3ccc(C(F)(F)F)cc3)c2C1. The Morgan fingerprint density at radius 2 is 1.82 bits per heavy atom. The molecule has 0 aliphatic carbocycles. The van der Waals surface area contributed by atoms with Gasteiger partial charge in [0, 0.05) is 37.0 Å². The fraction of sp³-hybridized carbons (Fsp3) is 0.250. The molecule has 1 aliphatic rings. The molecule has 0 saturated heterocycles. The number of nitrogens with one attached hydrogen (secondary N) is 1. The fourth-order valence-electron chi connectivity index (χ4n) is 3.32. The first-order chi connectivity index (χ1) is 13.4. The van der Waals surface area contributed by atoms with Crippen molar-refractivity contribution < 1.29 is 13.2 Å². The van der Waals surface area contributed by atoms with Gasteiger partial charge in [-0.15, -0.1) is 0 Å². The Morgan fingerprint density at radius 1 is 1.04 bits per heavy atom. The molecule has 4 rings (SSSR count). The fourth-order valence-corrected chi connectivity index (χ4v) is 3.32. The maximum atomic E-state index is 12.8. The van der Waals surface area contributed by atoms with Gasteiger partial charge in [-0.05, 0) is 42.8 Å². The van der Waals surface area contributed by atoms with E-state index in [1.807, 2.05) is 19.1 Å². The molecule has 5 nitrogen and oxygen atoms in total. The monoisotopic (exact) mass is 385 g/mol. The van der Waals surface area contributed by atoms with Crippen LogP contribution in [0.4, 0.5) is 30.5 Å². The number of anilines is 3. The number of benzene rings is 1. The first-order valence-electron chi connectivity index (χ1n) is 8.85. The summed E-state index contributed by atoms with van der Waals surface area (Å²) < 4.78 is 38.3. The van der Waals surface area contributed by atoms with Crippen LogP contribution < -0.4 is 10.2 Å². The number of fused-ring (bicyclic) bond motifs is 1. The third kappa shape index (κ3) is 3.62. The van der Waals surface area contributed by atoms with Crippen LogP contribution in [0.1, 0.15) is 22.4 Å². The standard InChI is InChI=1S/C20H18F3N5/c1-13-3-2-9-24-19(13)28-10-8-17-16(11-28)18(26-12-25-17)27-15-6-4-14(5-7-15)20(21,22)23/h2-7,9,12H,8,10-11H2,1H3,(H,25,26,27). The number of halogens is 3. The van der Waals surface area contributed by atoms with Gasteiger partial charge in [0.1, 0.15) is 18.0 Å². The number of nitrogens with zero attached hydrogens (tertiary/aromatic N) is 4. The zero-order valence-corrected chi connectivity index (χ0v) is 15.2. The lowest BCUT2D eigenvalue weighted by atomic mass is 10.1. The van der Waals surface area contributed by atoms with Crippen LogP contribution in [0.25, 0.3) is 0 Å². The number of alkyl halides is 3. The molecule has 3 heterocycles. The number of hydrogen-bond donors (Lipinski definition) is 1. The second-order valence-corrected chi connectivity index (χ2v) is 6.66. The predicted octanol–water partition coefficient (Wildman–Crippen LogP) is 4.51. The van der Waals surface area contributed by atoms with Gasteiger partial charge in [-0.3, -0.25) is 0 Å². The van der Waals surface area contributed by atoms with Crippen molar-refractivity contribution in [1.29, 1.82) is 0 Å². The van der Waals surface area contributed by atoms with E-state index in [0.29, 0.717) is 18.1 Å². The Bertz CT molecular complexity index is 986. The van der Waals surface area contributed by atoms with Crippen LogP contribution in [0, 0.1) is 6.92 Å². The molecular formula is C20H18F3N5. The average molecular weight is 385 g/mol. The highest BCUT2D eigenvalue weighted by atomic mass is 19.4. The van der Waals surface area contributed by atoms with E-state index >= 15 is 0 Å². The molecule has 0 bridgehead atoms. The minimum Gasteiger partial charge on any atom is -0.351 e. The van der Waals surface area contributed by atoms with Gasteiger partial charge in [-0.1, -0.05) is 6.07 Å². The maximum Gasteiger partial charge on any atom is 0.416 e. The molecule has 0 fully saturated rings. The maximum absolute atomic E-state index is 12.8. The molecule has 0 radical (unpaired) electrons. The molecule has 3 aromatic rings. The van der Waals surface area contributed by atoms with Gasteiger partial charge in [0.25, 0.3) is 0 Å². The number of pyridine rings is 1. The molecule has 144 valence electrons. The quantitative estimate of drug-likeness (QED) is 0.719. The largest absolute Gasteiger partial charge is 0.416 e. The molecule has 8 heteroatoms. The molecule has 0 amide bonds. The summed E-state index contributed by atoms with van der Waals surface area (Å²) in [7, 11) is 0. The van der Waals surface area contributed by atoms with Gasteiger partial charge in [0.2, 0.25) is 0 Å². The van der Waals surface area contributed by atoms with Crippen LogP contribution in [0.2, 0.25) is 0 Å². The lowest BCUT2D eigenvalue weighted by molar-refractivity contribution is -0.137. The van der Waals surface area contributed by atoms with Crippen molar-refractivity contribution in [3.8, 4) is 0 Å². The van der Waals surface area contributed by atoms with Crippen molar-refractivity contribution in [2.75, 3.05) is 16.8 Å². The van der Waals surface area contributed by atoms with Crippen LogP contribution in [0.3, 0.4) is 0 Å². The second-order valence-electron chi connectivity index (χ2n) is 6.66.